The van der Waals surface area contributed by atoms with E-state index in [0.717, 1.165) is 12.8 Å². The van der Waals surface area contributed by atoms with Crippen LogP contribution >= 0.6 is 0 Å². The highest BCUT2D eigenvalue weighted by molar-refractivity contribution is 5.98. The second-order valence-corrected chi connectivity index (χ2v) is 4.99. The standard InChI is InChI=1S/C13H14F2N2O4/c14-9-4-8(12(17(20)21)5-10(9)15)13(19)16-11-3-1-2-7(11)6-18/h4-5,7,11,18H,1-3,6H2,(H,16,19). The van der Waals surface area contributed by atoms with Crippen LogP contribution in [0.2, 0.25) is 0 Å². The minimum Gasteiger partial charge on any atom is -0.396 e. The number of halogens is 2. The number of hydrogen-bond acceptors (Lipinski definition) is 4. The molecular weight excluding hydrogens is 286 g/mol. The number of benzene rings is 1. The minimum absolute atomic E-state index is 0.106. The third-order valence-electron chi connectivity index (χ3n) is 3.69. The zero-order valence-corrected chi connectivity index (χ0v) is 11.0. The summed E-state index contributed by atoms with van der Waals surface area (Å²) < 4.78 is 26.3. The molecule has 114 valence electrons. The van der Waals surface area contributed by atoms with Crippen molar-refractivity contribution in [3.8, 4) is 0 Å². The third-order valence-corrected chi connectivity index (χ3v) is 3.69. The number of nitrogens with zero attached hydrogens (tertiary/aromatic N) is 1. The predicted octanol–water partition coefficient (Wildman–Crippen LogP) is 1.76. The highest BCUT2D eigenvalue weighted by atomic mass is 19.2. The van der Waals surface area contributed by atoms with Crippen molar-refractivity contribution in [2.24, 2.45) is 5.92 Å². The van der Waals surface area contributed by atoms with Gasteiger partial charge < -0.3 is 10.4 Å². The molecule has 0 spiro atoms. The van der Waals surface area contributed by atoms with Crippen LogP contribution < -0.4 is 5.32 Å². The maximum absolute atomic E-state index is 13.2. The largest absolute Gasteiger partial charge is 0.396 e. The Balaban J connectivity index is 2.26. The van der Waals surface area contributed by atoms with E-state index < -0.39 is 33.7 Å². The van der Waals surface area contributed by atoms with E-state index in [-0.39, 0.29) is 18.6 Å². The van der Waals surface area contributed by atoms with Gasteiger partial charge in [-0.25, -0.2) is 8.78 Å². The molecule has 6 nitrogen and oxygen atoms in total. The van der Waals surface area contributed by atoms with Gasteiger partial charge >= 0.3 is 0 Å². The normalized spacial score (nSPS) is 21.3. The number of hydrogen-bond donors (Lipinski definition) is 2. The predicted molar refractivity (Wildman–Crippen MR) is 68.7 cm³/mol. The lowest BCUT2D eigenvalue weighted by molar-refractivity contribution is -0.385. The van der Waals surface area contributed by atoms with Crippen molar-refractivity contribution in [3.63, 3.8) is 0 Å². The van der Waals surface area contributed by atoms with Gasteiger partial charge in [0, 0.05) is 18.6 Å². The number of nitrogens with one attached hydrogen (secondary N) is 1. The number of carbonyl (C=O) groups excluding carboxylic acids is 1. The molecule has 2 N–H and O–H groups in total. The van der Waals surface area contributed by atoms with Gasteiger partial charge in [-0.3, -0.25) is 14.9 Å². The van der Waals surface area contributed by atoms with Crippen molar-refractivity contribution in [2.75, 3.05) is 6.61 Å². The highest BCUT2D eigenvalue weighted by Crippen LogP contribution is 2.27. The van der Waals surface area contributed by atoms with Crippen LogP contribution in [0.4, 0.5) is 14.5 Å². The summed E-state index contributed by atoms with van der Waals surface area (Å²) in [5.74, 6) is -3.67. The van der Waals surface area contributed by atoms with Gasteiger partial charge in [0.25, 0.3) is 11.6 Å². The quantitative estimate of drug-likeness (QED) is 0.654. The third kappa shape index (κ3) is 3.15. The van der Waals surface area contributed by atoms with Gasteiger partial charge in [0.05, 0.1) is 11.0 Å². The van der Waals surface area contributed by atoms with Crippen molar-refractivity contribution in [3.05, 3.63) is 39.4 Å². The fraction of sp³-hybridized carbons (Fsp3) is 0.462. The average molecular weight is 300 g/mol. The number of nitro benzene ring substituents is 1. The van der Waals surface area contributed by atoms with Crippen molar-refractivity contribution < 1.29 is 23.6 Å². The number of rotatable bonds is 4. The first-order valence-corrected chi connectivity index (χ1v) is 6.49. The number of nitro groups is 1. The molecule has 0 bridgehead atoms. The van der Waals surface area contributed by atoms with Gasteiger partial charge in [0.1, 0.15) is 5.56 Å². The molecular formula is C13H14F2N2O4. The topological polar surface area (TPSA) is 92.5 Å². The van der Waals surface area contributed by atoms with Gasteiger partial charge in [-0.15, -0.1) is 0 Å². The molecule has 1 amide bonds. The molecule has 1 aromatic carbocycles. The molecule has 21 heavy (non-hydrogen) atoms. The Kier molecular flexibility index (Phi) is 4.46. The van der Waals surface area contributed by atoms with Gasteiger partial charge in [0.15, 0.2) is 11.6 Å². The van der Waals surface area contributed by atoms with Gasteiger partial charge in [-0.1, -0.05) is 6.42 Å². The molecule has 2 unspecified atom stereocenters. The second kappa shape index (κ2) is 6.13. The van der Waals surface area contributed by atoms with E-state index >= 15 is 0 Å². The Bertz CT molecular complexity index is 580. The first kappa shape index (κ1) is 15.3. The number of aliphatic hydroxyl groups excluding tert-OH is 1. The summed E-state index contributed by atoms with van der Waals surface area (Å²) in [6, 6.07) is 0.587. The Labute approximate surface area is 118 Å². The molecule has 8 heteroatoms. The fourth-order valence-electron chi connectivity index (χ4n) is 2.56. The van der Waals surface area contributed by atoms with Crippen molar-refractivity contribution in [1.29, 1.82) is 0 Å². The summed E-state index contributed by atoms with van der Waals surface area (Å²) in [6.07, 6.45) is 2.19. The molecule has 1 fully saturated rings. The van der Waals surface area contributed by atoms with Crippen LogP contribution in [-0.4, -0.2) is 28.6 Å². The van der Waals surface area contributed by atoms with E-state index in [1.54, 1.807) is 0 Å². The lowest BCUT2D eigenvalue weighted by Crippen LogP contribution is -2.38. The Hall–Kier alpha value is -2.09. The van der Waals surface area contributed by atoms with Crippen molar-refractivity contribution in [2.45, 2.75) is 25.3 Å². The van der Waals surface area contributed by atoms with Crippen LogP contribution in [0.3, 0.4) is 0 Å². The number of carbonyl (C=O) groups is 1. The molecule has 2 atom stereocenters. The van der Waals surface area contributed by atoms with E-state index in [4.69, 9.17) is 0 Å². The monoisotopic (exact) mass is 300 g/mol. The Morgan fingerprint density at radius 2 is 2.05 bits per heavy atom. The maximum atomic E-state index is 13.2. The SMILES string of the molecule is O=C(NC1CCCC1CO)c1cc(F)c(F)cc1[N+](=O)[O-]. The lowest BCUT2D eigenvalue weighted by Gasteiger charge is -2.19. The van der Waals surface area contributed by atoms with Crippen molar-refractivity contribution >= 4 is 11.6 Å². The molecule has 0 saturated heterocycles. The smallest absolute Gasteiger partial charge is 0.285 e. The van der Waals surface area contributed by atoms with Crippen LogP contribution in [0.5, 0.6) is 0 Å². The summed E-state index contributed by atoms with van der Waals surface area (Å²) in [4.78, 5) is 22.0. The van der Waals surface area contributed by atoms with Crippen LogP contribution in [0.1, 0.15) is 29.6 Å². The molecule has 1 saturated carbocycles. The van der Waals surface area contributed by atoms with Crippen LogP contribution in [-0.2, 0) is 0 Å². The number of aliphatic hydroxyl groups is 1. The van der Waals surface area contributed by atoms with Crippen LogP contribution in [0.15, 0.2) is 12.1 Å². The number of amides is 1. The van der Waals surface area contributed by atoms with Crippen molar-refractivity contribution in [1.82, 2.24) is 5.32 Å². The summed E-state index contributed by atoms with van der Waals surface area (Å²) in [5, 5.41) is 22.6. The molecule has 0 aromatic heterocycles. The molecule has 0 radical (unpaired) electrons. The van der Waals surface area contributed by atoms with E-state index in [0.29, 0.717) is 18.6 Å². The molecule has 0 aliphatic heterocycles. The summed E-state index contributed by atoms with van der Waals surface area (Å²) in [5.41, 5.74) is -1.31. The minimum atomic E-state index is -1.38. The molecule has 2 rings (SSSR count). The van der Waals surface area contributed by atoms with E-state index in [1.165, 1.54) is 0 Å². The van der Waals surface area contributed by atoms with Gasteiger partial charge in [-0.2, -0.15) is 0 Å². The summed E-state index contributed by atoms with van der Waals surface area (Å²) >= 11 is 0. The summed E-state index contributed by atoms with van der Waals surface area (Å²) in [7, 11) is 0. The molecule has 1 aliphatic carbocycles. The average Bonchev–Trinajstić information content (AvgIpc) is 2.88. The first-order valence-electron chi connectivity index (χ1n) is 6.49. The molecule has 1 aromatic rings. The molecule has 0 heterocycles. The van der Waals surface area contributed by atoms with Gasteiger partial charge in [-0.05, 0) is 18.9 Å². The Morgan fingerprint density at radius 1 is 1.38 bits per heavy atom. The van der Waals surface area contributed by atoms with E-state index in [1.807, 2.05) is 0 Å². The fourth-order valence-corrected chi connectivity index (χ4v) is 2.56. The lowest BCUT2D eigenvalue weighted by atomic mass is 10.0. The zero-order chi connectivity index (χ0) is 15.6. The first-order chi connectivity index (χ1) is 9.93. The Morgan fingerprint density at radius 3 is 2.67 bits per heavy atom. The van der Waals surface area contributed by atoms with E-state index in [2.05, 4.69) is 5.32 Å². The van der Waals surface area contributed by atoms with E-state index in [9.17, 15) is 28.8 Å². The summed E-state index contributed by atoms with van der Waals surface area (Å²) in [6.45, 7) is -0.106. The zero-order valence-electron chi connectivity index (χ0n) is 11.0. The van der Waals surface area contributed by atoms with Crippen LogP contribution in [0.25, 0.3) is 0 Å². The van der Waals surface area contributed by atoms with Crippen LogP contribution in [0, 0.1) is 27.7 Å². The maximum Gasteiger partial charge on any atom is 0.285 e. The van der Waals surface area contributed by atoms with Gasteiger partial charge in [0.2, 0.25) is 0 Å². The molecule has 1 aliphatic rings. The second-order valence-electron chi connectivity index (χ2n) is 4.99. The highest BCUT2D eigenvalue weighted by Gasteiger charge is 2.31.